The SMILES string of the molecule is CCNC(=NCCCCn1cnnc1)N1CCN(Cc2cccc(C(F)(F)F)c2)CC1.I. The van der Waals surface area contributed by atoms with E-state index in [4.69, 9.17) is 4.99 Å². The quantitative estimate of drug-likeness (QED) is 0.230. The smallest absolute Gasteiger partial charge is 0.357 e. The fourth-order valence-corrected chi connectivity index (χ4v) is 3.58. The Morgan fingerprint density at radius 2 is 1.81 bits per heavy atom. The zero-order chi connectivity index (χ0) is 22.1. The number of alkyl halides is 3. The maximum atomic E-state index is 12.9. The molecule has 1 fully saturated rings. The van der Waals surface area contributed by atoms with Crippen molar-refractivity contribution in [1.29, 1.82) is 0 Å². The zero-order valence-electron chi connectivity index (χ0n) is 18.3. The highest BCUT2D eigenvalue weighted by Gasteiger charge is 2.30. The van der Waals surface area contributed by atoms with Gasteiger partial charge in [0.05, 0.1) is 5.56 Å². The molecule has 0 aliphatic carbocycles. The predicted molar refractivity (Wildman–Crippen MR) is 129 cm³/mol. The number of rotatable bonds is 8. The van der Waals surface area contributed by atoms with Gasteiger partial charge in [-0.05, 0) is 31.4 Å². The van der Waals surface area contributed by atoms with Gasteiger partial charge in [-0.25, -0.2) is 0 Å². The summed E-state index contributed by atoms with van der Waals surface area (Å²) in [5, 5.41) is 10.9. The molecule has 0 saturated carbocycles. The summed E-state index contributed by atoms with van der Waals surface area (Å²) >= 11 is 0. The first-order valence-electron chi connectivity index (χ1n) is 10.7. The van der Waals surface area contributed by atoms with Gasteiger partial charge in [0.2, 0.25) is 0 Å². The van der Waals surface area contributed by atoms with Crippen molar-refractivity contribution in [3.63, 3.8) is 0 Å². The lowest BCUT2D eigenvalue weighted by molar-refractivity contribution is -0.137. The average Bonchev–Trinajstić information content (AvgIpc) is 3.27. The molecule has 3 rings (SSSR count). The van der Waals surface area contributed by atoms with Crippen molar-refractivity contribution >= 4 is 29.9 Å². The van der Waals surface area contributed by atoms with E-state index in [1.807, 2.05) is 11.5 Å². The van der Waals surface area contributed by atoms with Crippen LogP contribution in [-0.4, -0.2) is 69.8 Å². The number of halogens is 4. The van der Waals surface area contributed by atoms with E-state index in [1.165, 1.54) is 12.1 Å². The monoisotopic (exact) mass is 565 g/mol. The molecular weight excluding hydrogens is 534 g/mol. The largest absolute Gasteiger partial charge is 0.416 e. The molecule has 1 aliphatic heterocycles. The number of aliphatic imine (C=N–C) groups is 1. The highest BCUT2D eigenvalue weighted by Crippen LogP contribution is 2.29. The van der Waals surface area contributed by atoms with Gasteiger partial charge in [-0.3, -0.25) is 9.89 Å². The second-order valence-electron chi connectivity index (χ2n) is 7.60. The number of piperazine rings is 1. The lowest BCUT2D eigenvalue weighted by atomic mass is 10.1. The second-order valence-corrected chi connectivity index (χ2v) is 7.60. The van der Waals surface area contributed by atoms with Gasteiger partial charge in [0.25, 0.3) is 0 Å². The molecule has 0 bridgehead atoms. The van der Waals surface area contributed by atoms with Crippen LogP contribution >= 0.6 is 24.0 Å². The molecule has 2 aromatic rings. The summed E-state index contributed by atoms with van der Waals surface area (Å²) in [6.07, 6.45) is 1.11. The molecule has 0 atom stereocenters. The highest BCUT2D eigenvalue weighted by molar-refractivity contribution is 14.0. The average molecular weight is 565 g/mol. The van der Waals surface area contributed by atoms with Crippen molar-refractivity contribution < 1.29 is 13.2 Å². The van der Waals surface area contributed by atoms with Gasteiger partial charge in [0.1, 0.15) is 12.7 Å². The van der Waals surface area contributed by atoms with Gasteiger partial charge in [-0.1, -0.05) is 18.2 Å². The van der Waals surface area contributed by atoms with E-state index in [9.17, 15) is 13.2 Å². The Morgan fingerprint density at radius 1 is 1.09 bits per heavy atom. The minimum Gasteiger partial charge on any atom is -0.357 e. The van der Waals surface area contributed by atoms with E-state index in [0.717, 1.165) is 70.7 Å². The van der Waals surface area contributed by atoms with Crippen LogP contribution in [-0.2, 0) is 19.3 Å². The van der Waals surface area contributed by atoms with Gasteiger partial charge in [-0.2, -0.15) is 13.2 Å². The molecule has 1 aliphatic rings. The van der Waals surface area contributed by atoms with Crippen molar-refractivity contribution in [2.75, 3.05) is 39.3 Å². The highest BCUT2D eigenvalue weighted by atomic mass is 127. The lowest BCUT2D eigenvalue weighted by Gasteiger charge is -2.36. The number of aromatic nitrogens is 3. The maximum absolute atomic E-state index is 12.9. The van der Waals surface area contributed by atoms with Crippen LogP contribution in [0.2, 0.25) is 0 Å². The number of guanidine groups is 1. The topological polar surface area (TPSA) is 61.6 Å². The molecule has 11 heteroatoms. The van der Waals surface area contributed by atoms with Crippen LogP contribution < -0.4 is 5.32 Å². The summed E-state index contributed by atoms with van der Waals surface area (Å²) in [7, 11) is 0. The molecule has 2 heterocycles. The summed E-state index contributed by atoms with van der Waals surface area (Å²) in [5.74, 6) is 0.908. The first kappa shape index (κ1) is 26.4. The summed E-state index contributed by atoms with van der Waals surface area (Å²) < 4.78 is 40.8. The Morgan fingerprint density at radius 3 is 2.47 bits per heavy atom. The zero-order valence-corrected chi connectivity index (χ0v) is 20.6. The van der Waals surface area contributed by atoms with Gasteiger partial charge in [-0.15, -0.1) is 34.2 Å². The second kappa shape index (κ2) is 13.0. The summed E-state index contributed by atoms with van der Waals surface area (Å²) in [6.45, 7) is 8.16. The third-order valence-corrected chi connectivity index (χ3v) is 5.22. The molecule has 1 aromatic heterocycles. The molecule has 1 N–H and O–H groups in total. The minimum atomic E-state index is -4.30. The number of nitrogens with zero attached hydrogens (tertiary/aromatic N) is 6. The fourth-order valence-electron chi connectivity index (χ4n) is 3.58. The molecule has 7 nitrogen and oxygen atoms in total. The predicted octanol–water partition coefficient (Wildman–Crippen LogP) is 3.48. The van der Waals surface area contributed by atoms with E-state index >= 15 is 0 Å². The number of hydrogen-bond donors (Lipinski definition) is 1. The fraction of sp³-hybridized carbons (Fsp3) is 0.571. The molecule has 0 amide bonds. The molecule has 0 unspecified atom stereocenters. The first-order valence-corrected chi connectivity index (χ1v) is 10.7. The van der Waals surface area contributed by atoms with Gasteiger partial charge >= 0.3 is 6.18 Å². The Labute approximate surface area is 204 Å². The Bertz CT molecular complexity index is 819. The Balaban J connectivity index is 0.00000363. The number of aryl methyl sites for hydroxylation is 1. The molecule has 0 radical (unpaired) electrons. The van der Waals surface area contributed by atoms with Crippen LogP contribution in [0, 0.1) is 0 Å². The van der Waals surface area contributed by atoms with Crippen LogP contribution in [0.1, 0.15) is 30.9 Å². The molecular formula is C21H31F3IN7. The Kier molecular flexibility index (Phi) is 10.7. The van der Waals surface area contributed by atoms with Crippen LogP contribution in [0.3, 0.4) is 0 Å². The summed E-state index contributed by atoms with van der Waals surface area (Å²) in [4.78, 5) is 9.17. The number of benzene rings is 1. The first-order chi connectivity index (χ1) is 15.0. The molecule has 1 aromatic carbocycles. The van der Waals surface area contributed by atoms with Crippen LogP contribution in [0.4, 0.5) is 13.2 Å². The summed E-state index contributed by atoms with van der Waals surface area (Å²) in [5.41, 5.74) is 0.103. The standard InChI is InChI=1S/C21H30F3N7.HI/c1-2-25-20(26-8-3-4-9-30-16-27-28-17-30)31-12-10-29(11-13-31)15-18-6-5-7-19(14-18)21(22,23)24;/h5-7,14,16-17H,2-4,8-13,15H2,1H3,(H,25,26);1H. The van der Waals surface area contributed by atoms with E-state index in [-0.39, 0.29) is 24.0 Å². The van der Waals surface area contributed by atoms with E-state index in [1.54, 1.807) is 18.7 Å². The van der Waals surface area contributed by atoms with Gasteiger partial charge in [0, 0.05) is 52.4 Å². The molecule has 178 valence electrons. The van der Waals surface area contributed by atoms with E-state index < -0.39 is 11.7 Å². The lowest BCUT2D eigenvalue weighted by Crippen LogP contribution is -2.52. The summed E-state index contributed by atoms with van der Waals surface area (Å²) in [6, 6.07) is 5.60. The number of nitrogens with one attached hydrogen (secondary N) is 1. The normalized spacial score (nSPS) is 15.5. The van der Waals surface area contributed by atoms with E-state index in [0.29, 0.717) is 12.1 Å². The third kappa shape index (κ3) is 8.23. The Hall–Kier alpha value is -1.89. The van der Waals surface area contributed by atoms with Crippen LogP contribution in [0.25, 0.3) is 0 Å². The van der Waals surface area contributed by atoms with Crippen molar-refractivity contribution in [3.05, 3.63) is 48.0 Å². The number of unbranched alkanes of at least 4 members (excludes halogenated alkanes) is 1. The van der Waals surface area contributed by atoms with Crippen molar-refractivity contribution in [3.8, 4) is 0 Å². The molecule has 0 spiro atoms. The van der Waals surface area contributed by atoms with Crippen LogP contribution in [0.15, 0.2) is 41.9 Å². The van der Waals surface area contributed by atoms with Crippen molar-refractivity contribution in [2.45, 2.75) is 39.0 Å². The number of hydrogen-bond acceptors (Lipinski definition) is 4. The maximum Gasteiger partial charge on any atom is 0.416 e. The van der Waals surface area contributed by atoms with Crippen molar-refractivity contribution in [1.82, 2.24) is 29.9 Å². The minimum absolute atomic E-state index is 0. The molecule has 1 saturated heterocycles. The molecule has 32 heavy (non-hydrogen) atoms. The third-order valence-electron chi connectivity index (χ3n) is 5.22. The van der Waals surface area contributed by atoms with Crippen molar-refractivity contribution in [2.24, 2.45) is 4.99 Å². The van der Waals surface area contributed by atoms with Gasteiger partial charge in [0.15, 0.2) is 5.96 Å². The van der Waals surface area contributed by atoms with Gasteiger partial charge < -0.3 is 14.8 Å². The van der Waals surface area contributed by atoms with Crippen LogP contribution in [0.5, 0.6) is 0 Å². The van der Waals surface area contributed by atoms with E-state index in [2.05, 4.69) is 25.3 Å².